The van der Waals surface area contributed by atoms with E-state index in [1.165, 1.54) is 0 Å². The van der Waals surface area contributed by atoms with E-state index in [9.17, 15) is 4.39 Å². The molecule has 0 spiro atoms. The Morgan fingerprint density at radius 3 is 3.10 bits per heavy atom. The van der Waals surface area contributed by atoms with E-state index in [4.69, 9.17) is 5.73 Å². The third kappa shape index (κ3) is 0.772. The van der Waals surface area contributed by atoms with Gasteiger partial charge in [0.15, 0.2) is 0 Å². The molecule has 0 amide bonds. The summed E-state index contributed by atoms with van der Waals surface area (Å²) in [5.74, 6) is 0.336. The van der Waals surface area contributed by atoms with E-state index in [0.29, 0.717) is 25.3 Å². The Hall–Kier alpha value is -0.150. The number of nitrogens with zero attached hydrogens (tertiary/aromatic N) is 1. The van der Waals surface area contributed by atoms with Crippen molar-refractivity contribution >= 4 is 0 Å². The molecular weight excluding hydrogens is 131 g/mol. The molecule has 3 heteroatoms. The first-order valence-electron chi connectivity index (χ1n) is 3.77. The average molecular weight is 143 g/mol. The molecule has 2 N–H and O–H groups in total. The maximum atomic E-state index is 12.8. The summed E-state index contributed by atoms with van der Waals surface area (Å²) < 4.78 is 12.8. The lowest BCUT2D eigenvalue weighted by atomic mass is 9.92. The summed E-state index contributed by atoms with van der Waals surface area (Å²) >= 11 is 0. The van der Waals surface area contributed by atoms with Crippen LogP contribution >= 0.6 is 0 Å². The second-order valence-corrected chi connectivity index (χ2v) is 3.53. The van der Waals surface area contributed by atoms with Crippen molar-refractivity contribution in [2.75, 3.05) is 13.1 Å². The zero-order valence-electron chi connectivity index (χ0n) is 5.89. The van der Waals surface area contributed by atoms with Crippen LogP contribution in [0.5, 0.6) is 0 Å². The molecule has 0 unspecified atom stereocenters. The Kier molecular flexibility index (Phi) is 1.26. The minimum atomic E-state index is -0.662. The highest BCUT2D eigenvalue weighted by atomic mass is 19.1. The fourth-order valence-electron chi connectivity index (χ4n) is 2.08. The van der Waals surface area contributed by atoms with Crippen molar-refractivity contribution in [3.05, 3.63) is 0 Å². The van der Waals surface area contributed by atoms with Gasteiger partial charge >= 0.3 is 0 Å². The van der Waals surface area contributed by atoms with Gasteiger partial charge in [-0.05, 0) is 18.8 Å². The van der Waals surface area contributed by atoms with Crippen molar-refractivity contribution in [1.82, 2.24) is 5.32 Å². The molecule has 57 valence electrons. The van der Waals surface area contributed by atoms with Crippen LogP contribution in [0.4, 0.5) is 4.39 Å². The summed E-state index contributed by atoms with van der Waals surface area (Å²) in [5.41, 5.74) is 5.66. The molecule has 1 heterocycles. The molecule has 1 aliphatic carbocycles. The fourth-order valence-corrected chi connectivity index (χ4v) is 2.08. The number of rotatable bonds is 0. The topological polar surface area (TPSA) is 40.1 Å². The zero-order chi connectivity index (χ0) is 7.19. The lowest BCUT2D eigenvalue weighted by Gasteiger charge is -2.20. The summed E-state index contributed by atoms with van der Waals surface area (Å²) in [6, 6.07) is 0. The van der Waals surface area contributed by atoms with Gasteiger partial charge in [-0.3, -0.25) is 0 Å². The highest BCUT2D eigenvalue weighted by Gasteiger charge is 2.48. The van der Waals surface area contributed by atoms with Gasteiger partial charge < -0.3 is 5.73 Å². The van der Waals surface area contributed by atoms with E-state index in [1.807, 2.05) is 0 Å². The van der Waals surface area contributed by atoms with Gasteiger partial charge in [0.1, 0.15) is 6.17 Å². The molecule has 2 nitrogen and oxygen atoms in total. The molecule has 10 heavy (non-hydrogen) atoms. The fraction of sp³-hybridized carbons (Fsp3) is 1.00. The van der Waals surface area contributed by atoms with Crippen LogP contribution in [-0.4, -0.2) is 24.8 Å². The quantitative estimate of drug-likeness (QED) is 0.511. The van der Waals surface area contributed by atoms with Crippen molar-refractivity contribution in [2.24, 2.45) is 11.7 Å². The first kappa shape index (κ1) is 6.55. The van der Waals surface area contributed by atoms with E-state index in [0.717, 1.165) is 6.54 Å². The SMILES string of the molecule is N[C@]12C[N]C[C@H]1C[C@H](F)C2. The standard InChI is InChI=1S/C7H12FN2/c8-6-1-5-3-10-4-7(5,9)2-6/h5-6H,1-4,9H2/t5-,6+,7-/m1/s1. The second kappa shape index (κ2) is 1.92. The Bertz CT molecular complexity index is 151. The van der Waals surface area contributed by atoms with E-state index in [1.54, 1.807) is 0 Å². The minimum absolute atomic E-state index is 0.264. The maximum Gasteiger partial charge on any atom is 0.102 e. The zero-order valence-corrected chi connectivity index (χ0v) is 5.89. The molecule has 2 rings (SSSR count). The van der Waals surface area contributed by atoms with Crippen molar-refractivity contribution < 1.29 is 4.39 Å². The minimum Gasteiger partial charge on any atom is -0.324 e. The number of fused-ring (bicyclic) bond motifs is 1. The van der Waals surface area contributed by atoms with Crippen molar-refractivity contribution in [3.63, 3.8) is 0 Å². The lowest BCUT2D eigenvalue weighted by molar-refractivity contribution is 0.316. The maximum absolute atomic E-state index is 12.8. The molecule has 0 aromatic heterocycles. The molecule has 0 bridgehead atoms. The third-order valence-corrected chi connectivity index (χ3v) is 2.71. The van der Waals surface area contributed by atoms with Crippen LogP contribution in [0.2, 0.25) is 0 Å². The summed E-state index contributed by atoms with van der Waals surface area (Å²) in [4.78, 5) is 0. The van der Waals surface area contributed by atoms with Crippen LogP contribution in [-0.2, 0) is 0 Å². The van der Waals surface area contributed by atoms with Gasteiger partial charge in [-0.1, -0.05) is 0 Å². The van der Waals surface area contributed by atoms with E-state index in [-0.39, 0.29) is 5.54 Å². The van der Waals surface area contributed by atoms with Gasteiger partial charge in [0.25, 0.3) is 0 Å². The van der Waals surface area contributed by atoms with Gasteiger partial charge in [-0.2, -0.15) is 0 Å². The first-order valence-corrected chi connectivity index (χ1v) is 3.77. The Morgan fingerprint density at radius 2 is 2.40 bits per heavy atom. The third-order valence-electron chi connectivity index (χ3n) is 2.71. The van der Waals surface area contributed by atoms with E-state index < -0.39 is 6.17 Å². The van der Waals surface area contributed by atoms with Gasteiger partial charge in [0.05, 0.1) is 0 Å². The predicted molar refractivity (Wildman–Crippen MR) is 36.4 cm³/mol. The summed E-state index contributed by atoms with van der Waals surface area (Å²) in [5, 5.41) is 4.18. The molecule has 2 fully saturated rings. The average Bonchev–Trinajstić information content (AvgIpc) is 2.20. The smallest absolute Gasteiger partial charge is 0.102 e. The number of hydrogen-bond acceptors (Lipinski definition) is 1. The molecule has 2 aliphatic rings. The predicted octanol–water partition coefficient (Wildman–Crippen LogP) is 0.0500. The van der Waals surface area contributed by atoms with Crippen LogP contribution in [0.3, 0.4) is 0 Å². The van der Waals surface area contributed by atoms with Gasteiger partial charge in [0, 0.05) is 18.6 Å². The normalized spacial score (nSPS) is 53.4. The Labute approximate surface area is 60.0 Å². The summed E-state index contributed by atoms with van der Waals surface area (Å²) in [7, 11) is 0. The summed E-state index contributed by atoms with van der Waals surface area (Å²) in [6.45, 7) is 1.47. The first-order chi connectivity index (χ1) is 4.71. The van der Waals surface area contributed by atoms with Crippen LogP contribution in [0.25, 0.3) is 0 Å². The molecule has 1 saturated carbocycles. The van der Waals surface area contributed by atoms with E-state index in [2.05, 4.69) is 5.32 Å². The lowest BCUT2D eigenvalue weighted by Crippen LogP contribution is -2.43. The molecule has 1 saturated heterocycles. The molecule has 3 atom stereocenters. The van der Waals surface area contributed by atoms with E-state index >= 15 is 0 Å². The van der Waals surface area contributed by atoms with Crippen molar-refractivity contribution in [1.29, 1.82) is 0 Å². The monoisotopic (exact) mass is 143 g/mol. The molecule has 0 aromatic carbocycles. The number of alkyl halides is 1. The number of halogens is 1. The van der Waals surface area contributed by atoms with Crippen LogP contribution in [0.15, 0.2) is 0 Å². The molecule has 0 aromatic rings. The van der Waals surface area contributed by atoms with Crippen LogP contribution in [0.1, 0.15) is 12.8 Å². The largest absolute Gasteiger partial charge is 0.324 e. The highest BCUT2D eigenvalue weighted by molar-refractivity contribution is 5.06. The Balaban J connectivity index is 2.15. The van der Waals surface area contributed by atoms with Gasteiger partial charge in [0.2, 0.25) is 0 Å². The van der Waals surface area contributed by atoms with Crippen LogP contribution < -0.4 is 11.1 Å². The highest BCUT2D eigenvalue weighted by Crippen LogP contribution is 2.38. The van der Waals surface area contributed by atoms with Crippen LogP contribution in [0, 0.1) is 5.92 Å². The molecule has 1 radical (unpaired) electrons. The van der Waals surface area contributed by atoms with Gasteiger partial charge in [-0.25, -0.2) is 9.71 Å². The summed E-state index contributed by atoms with van der Waals surface area (Å²) in [6.07, 6.45) is 0.506. The van der Waals surface area contributed by atoms with Gasteiger partial charge in [-0.15, -0.1) is 0 Å². The Morgan fingerprint density at radius 1 is 1.60 bits per heavy atom. The van der Waals surface area contributed by atoms with Crippen molar-refractivity contribution in [2.45, 2.75) is 24.6 Å². The molecule has 1 aliphatic heterocycles. The van der Waals surface area contributed by atoms with Crippen molar-refractivity contribution in [3.8, 4) is 0 Å². The number of hydrogen-bond donors (Lipinski definition) is 1. The second-order valence-electron chi connectivity index (χ2n) is 3.53. The molecular formula is C7H12FN2. The number of nitrogens with two attached hydrogens (primary N) is 1.